The van der Waals surface area contributed by atoms with Crippen LogP contribution >= 0.6 is 0 Å². The van der Waals surface area contributed by atoms with Crippen molar-refractivity contribution in [2.75, 3.05) is 17.7 Å². The van der Waals surface area contributed by atoms with E-state index in [0.717, 1.165) is 11.4 Å². The smallest absolute Gasteiger partial charge is 0.275 e. The van der Waals surface area contributed by atoms with Gasteiger partial charge in [0.2, 0.25) is 0 Å². The van der Waals surface area contributed by atoms with Gasteiger partial charge in [-0.1, -0.05) is 6.07 Å². The third kappa shape index (κ3) is 4.16. The Balaban J connectivity index is 1.66. The van der Waals surface area contributed by atoms with Crippen LogP contribution in [0.3, 0.4) is 0 Å². The number of hydrogen-bond acceptors (Lipinski definition) is 5. The van der Waals surface area contributed by atoms with Crippen LogP contribution in [0.4, 0.5) is 17.2 Å². The van der Waals surface area contributed by atoms with E-state index >= 15 is 0 Å². The summed E-state index contributed by atoms with van der Waals surface area (Å²) < 4.78 is 5.09. The number of carbonyl (C=O) groups is 1. The molecule has 2 N–H and O–H groups in total. The number of nitrogens with zero attached hydrogens (tertiary/aromatic N) is 2. The standard InChI is InChI=1S/C20H20N4O2/c1-13-4-5-16(10-14(13)2)23-19-12-21-18(11-22-19)20(25)24-15-6-8-17(26-3)9-7-15/h4-12H,1-3H3,(H,22,23)(H,24,25). The Hall–Kier alpha value is -3.41. The van der Waals surface area contributed by atoms with Crippen LogP contribution in [0.15, 0.2) is 54.9 Å². The van der Waals surface area contributed by atoms with Crippen LogP contribution in [0.2, 0.25) is 0 Å². The van der Waals surface area contributed by atoms with E-state index in [4.69, 9.17) is 4.74 Å². The zero-order valence-corrected chi connectivity index (χ0v) is 14.9. The van der Waals surface area contributed by atoms with Gasteiger partial charge < -0.3 is 15.4 Å². The molecule has 6 nitrogen and oxygen atoms in total. The fourth-order valence-corrected chi connectivity index (χ4v) is 2.35. The Bertz CT molecular complexity index is 906. The highest BCUT2D eigenvalue weighted by molar-refractivity contribution is 6.02. The van der Waals surface area contributed by atoms with E-state index in [-0.39, 0.29) is 11.6 Å². The van der Waals surface area contributed by atoms with Crippen LogP contribution in [-0.4, -0.2) is 23.0 Å². The summed E-state index contributed by atoms with van der Waals surface area (Å²) in [6.45, 7) is 4.12. The van der Waals surface area contributed by atoms with Gasteiger partial charge in [-0.3, -0.25) is 4.79 Å². The fourth-order valence-electron chi connectivity index (χ4n) is 2.35. The number of nitrogens with one attached hydrogen (secondary N) is 2. The van der Waals surface area contributed by atoms with E-state index in [1.165, 1.54) is 23.5 Å². The van der Waals surface area contributed by atoms with Gasteiger partial charge >= 0.3 is 0 Å². The molecule has 0 bridgehead atoms. The minimum atomic E-state index is -0.319. The van der Waals surface area contributed by atoms with Crippen LogP contribution in [-0.2, 0) is 0 Å². The van der Waals surface area contributed by atoms with E-state index in [1.807, 2.05) is 18.2 Å². The number of aryl methyl sites for hydroxylation is 2. The molecule has 132 valence electrons. The Morgan fingerprint density at radius 1 is 0.923 bits per heavy atom. The molecule has 2 aromatic carbocycles. The monoisotopic (exact) mass is 348 g/mol. The topological polar surface area (TPSA) is 76.1 Å². The molecule has 1 amide bonds. The number of methoxy groups -OCH3 is 1. The third-order valence-corrected chi connectivity index (χ3v) is 4.01. The first-order chi connectivity index (χ1) is 12.5. The zero-order chi connectivity index (χ0) is 18.5. The third-order valence-electron chi connectivity index (χ3n) is 4.01. The highest BCUT2D eigenvalue weighted by atomic mass is 16.5. The number of rotatable bonds is 5. The van der Waals surface area contributed by atoms with Crippen LogP contribution in [0.1, 0.15) is 21.6 Å². The van der Waals surface area contributed by atoms with E-state index in [2.05, 4.69) is 34.4 Å². The Labute approximate surface area is 152 Å². The van der Waals surface area contributed by atoms with Gasteiger partial charge in [0.1, 0.15) is 17.3 Å². The molecule has 0 saturated heterocycles. The summed E-state index contributed by atoms with van der Waals surface area (Å²) in [5.41, 5.74) is 4.25. The van der Waals surface area contributed by atoms with Gasteiger partial charge in [-0.15, -0.1) is 0 Å². The van der Waals surface area contributed by atoms with Crippen molar-refractivity contribution in [3.05, 3.63) is 71.7 Å². The Kier molecular flexibility index (Phi) is 5.12. The summed E-state index contributed by atoms with van der Waals surface area (Å²) in [7, 11) is 1.59. The molecule has 3 aromatic rings. The Morgan fingerprint density at radius 3 is 2.27 bits per heavy atom. The molecule has 6 heteroatoms. The molecule has 0 unspecified atom stereocenters. The van der Waals surface area contributed by atoms with Crippen molar-refractivity contribution in [2.24, 2.45) is 0 Å². The molecular formula is C20H20N4O2. The van der Waals surface area contributed by atoms with Crippen LogP contribution in [0.5, 0.6) is 5.75 Å². The lowest BCUT2D eigenvalue weighted by Gasteiger charge is -2.09. The van der Waals surface area contributed by atoms with Gasteiger partial charge in [-0.05, 0) is 61.4 Å². The lowest BCUT2D eigenvalue weighted by Crippen LogP contribution is -2.14. The van der Waals surface area contributed by atoms with Crippen molar-refractivity contribution in [2.45, 2.75) is 13.8 Å². The second kappa shape index (κ2) is 7.65. The zero-order valence-electron chi connectivity index (χ0n) is 14.9. The largest absolute Gasteiger partial charge is 0.497 e. The van der Waals surface area contributed by atoms with Crippen molar-refractivity contribution >= 4 is 23.1 Å². The van der Waals surface area contributed by atoms with Crippen LogP contribution < -0.4 is 15.4 Å². The average molecular weight is 348 g/mol. The molecule has 0 saturated carbocycles. The second-order valence-corrected chi connectivity index (χ2v) is 5.89. The predicted octanol–water partition coefficient (Wildman–Crippen LogP) is 4.10. The molecule has 3 rings (SSSR count). The second-order valence-electron chi connectivity index (χ2n) is 5.89. The Morgan fingerprint density at radius 2 is 1.65 bits per heavy atom. The molecule has 0 radical (unpaired) electrons. The van der Waals surface area contributed by atoms with Crippen molar-refractivity contribution < 1.29 is 9.53 Å². The maximum Gasteiger partial charge on any atom is 0.275 e. The number of hydrogen-bond donors (Lipinski definition) is 2. The molecule has 0 spiro atoms. The SMILES string of the molecule is COc1ccc(NC(=O)c2cnc(Nc3ccc(C)c(C)c3)cn2)cc1. The first kappa shape index (κ1) is 17.4. The van der Waals surface area contributed by atoms with Gasteiger partial charge in [0.15, 0.2) is 0 Å². The predicted molar refractivity (Wildman–Crippen MR) is 102 cm³/mol. The van der Waals surface area contributed by atoms with Crippen LogP contribution in [0, 0.1) is 13.8 Å². The van der Waals surface area contributed by atoms with Crippen molar-refractivity contribution in [3.8, 4) is 5.75 Å². The minimum absolute atomic E-state index is 0.242. The summed E-state index contributed by atoms with van der Waals surface area (Å²) in [6, 6.07) is 13.1. The molecule has 0 fully saturated rings. The first-order valence-electron chi connectivity index (χ1n) is 8.17. The quantitative estimate of drug-likeness (QED) is 0.726. The summed E-state index contributed by atoms with van der Waals surface area (Å²) in [6.07, 6.45) is 2.99. The van der Waals surface area contributed by atoms with Gasteiger partial charge in [0.25, 0.3) is 5.91 Å². The van der Waals surface area contributed by atoms with Gasteiger partial charge in [-0.2, -0.15) is 0 Å². The number of carbonyl (C=O) groups excluding carboxylic acids is 1. The molecule has 0 atom stereocenters. The van der Waals surface area contributed by atoms with E-state index in [9.17, 15) is 4.79 Å². The molecular weight excluding hydrogens is 328 g/mol. The molecule has 26 heavy (non-hydrogen) atoms. The maximum atomic E-state index is 12.3. The van der Waals surface area contributed by atoms with E-state index in [1.54, 1.807) is 31.4 Å². The molecule has 1 heterocycles. The summed E-state index contributed by atoms with van der Waals surface area (Å²) in [4.78, 5) is 20.7. The number of amides is 1. The van der Waals surface area contributed by atoms with Crippen LogP contribution in [0.25, 0.3) is 0 Å². The lowest BCUT2D eigenvalue weighted by atomic mass is 10.1. The number of anilines is 3. The normalized spacial score (nSPS) is 10.3. The van der Waals surface area contributed by atoms with Crippen molar-refractivity contribution in [1.29, 1.82) is 0 Å². The summed E-state index contributed by atoms with van der Waals surface area (Å²) in [5.74, 6) is 0.985. The van der Waals surface area contributed by atoms with E-state index in [0.29, 0.717) is 11.5 Å². The summed E-state index contributed by atoms with van der Waals surface area (Å²) >= 11 is 0. The van der Waals surface area contributed by atoms with E-state index < -0.39 is 0 Å². The first-order valence-corrected chi connectivity index (χ1v) is 8.17. The number of ether oxygens (including phenoxy) is 1. The lowest BCUT2D eigenvalue weighted by molar-refractivity contribution is 0.102. The number of benzene rings is 2. The highest BCUT2D eigenvalue weighted by Gasteiger charge is 2.09. The highest BCUT2D eigenvalue weighted by Crippen LogP contribution is 2.18. The molecule has 0 aliphatic heterocycles. The van der Waals surface area contributed by atoms with Gasteiger partial charge in [-0.25, -0.2) is 9.97 Å². The van der Waals surface area contributed by atoms with Crippen molar-refractivity contribution in [3.63, 3.8) is 0 Å². The molecule has 0 aliphatic carbocycles. The molecule has 1 aromatic heterocycles. The molecule has 0 aliphatic rings. The maximum absolute atomic E-state index is 12.3. The minimum Gasteiger partial charge on any atom is -0.497 e. The van der Waals surface area contributed by atoms with Crippen molar-refractivity contribution in [1.82, 2.24) is 9.97 Å². The fraction of sp³-hybridized carbons (Fsp3) is 0.150. The number of aromatic nitrogens is 2. The average Bonchev–Trinajstić information content (AvgIpc) is 2.66. The van der Waals surface area contributed by atoms with Gasteiger partial charge in [0, 0.05) is 11.4 Å². The summed E-state index contributed by atoms with van der Waals surface area (Å²) in [5, 5.41) is 5.96. The van der Waals surface area contributed by atoms with Gasteiger partial charge in [0.05, 0.1) is 19.5 Å².